The third kappa shape index (κ3) is 4.87. The van der Waals surface area contributed by atoms with Gasteiger partial charge < -0.3 is 10.2 Å². The number of hydrogen-bond donors (Lipinski definition) is 1. The molecule has 1 fully saturated rings. The Morgan fingerprint density at radius 1 is 1.00 bits per heavy atom. The van der Waals surface area contributed by atoms with Gasteiger partial charge >= 0.3 is 0 Å². The number of piperazine rings is 1. The smallest absolute Gasteiger partial charge is 0.255 e. The number of amides is 1. The lowest BCUT2D eigenvalue weighted by Gasteiger charge is -2.33. The van der Waals surface area contributed by atoms with E-state index in [1.807, 2.05) is 12.1 Å². The van der Waals surface area contributed by atoms with Crippen LogP contribution in [0.4, 0.5) is 5.69 Å². The summed E-state index contributed by atoms with van der Waals surface area (Å²) in [6.07, 6.45) is 0. The zero-order chi connectivity index (χ0) is 19.4. The van der Waals surface area contributed by atoms with E-state index in [0.29, 0.717) is 24.3 Å². The van der Waals surface area contributed by atoms with Gasteiger partial charge in [-0.2, -0.15) is 4.31 Å². The van der Waals surface area contributed by atoms with Crippen molar-refractivity contribution in [1.29, 1.82) is 0 Å². The fourth-order valence-corrected chi connectivity index (χ4v) is 4.73. The van der Waals surface area contributed by atoms with Gasteiger partial charge in [0.25, 0.3) is 5.91 Å². The second-order valence-electron chi connectivity index (χ2n) is 6.32. The maximum atomic E-state index is 12.8. The lowest BCUT2D eigenvalue weighted by Crippen LogP contribution is -2.48. The normalized spacial score (nSPS) is 16.2. The van der Waals surface area contributed by atoms with Crippen molar-refractivity contribution in [2.24, 2.45) is 0 Å². The van der Waals surface area contributed by atoms with E-state index in [0.717, 1.165) is 23.2 Å². The van der Waals surface area contributed by atoms with Crippen molar-refractivity contribution < 1.29 is 13.2 Å². The number of sulfonamides is 1. The average molecular weight is 499 g/mol. The van der Waals surface area contributed by atoms with Crippen LogP contribution in [0.3, 0.4) is 0 Å². The predicted molar refractivity (Wildman–Crippen MR) is 114 cm³/mol. The second-order valence-corrected chi connectivity index (χ2v) is 9.51. The molecule has 3 rings (SSSR count). The molecule has 0 spiro atoms. The van der Waals surface area contributed by atoms with Gasteiger partial charge in [-0.3, -0.25) is 4.79 Å². The van der Waals surface area contributed by atoms with E-state index >= 15 is 0 Å². The minimum absolute atomic E-state index is 0.224. The number of hydrogen-bond acceptors (Lipinski definition) is 4. The summed E-state index contributed by atoms with van der Waals surface area (Å²) < 4.78 is 28.2. The van der Waals surface area contributed by atoms with Crippen molar-refractivity contribution >= 4 is 44.2 Å². The molecule has 1 saturated heterocycles. The van der Waals surface area contributed by atoms with Gasteiger partial charge in [0.15, 0.2) is 0 Å². The molecule has 0 bridgehead atoms. The zero-order valence-electron chi connectivity index (χ0n) is 15.1. The molecular formula is C19H22IN3O3S. The number of carbonyl (C=O) groups excluding carboxylic acids is 1. The highest BCUT2D eigenvalue weighted by molar-refractivity contribution is 14.1. The van der Waals surface area contributed by atoms with Gasteiger partial charge in [0.2, 0.25) is 10.0 Å². The summed E-state index contributed by atoms with van der Waals surface area (Å²) in [6, 6.07) is 13.6. The van der Waals surface area contributed by atoms with Crippen LogP contribution in [-0.4, -0.2) is 56.3 Å². The van der Waals surface area contributed by atoms with Gasteiger partial charge in [0.05, 0.1) is 4.90 Å². The van der Waals surface area contributed by atoms with E-state index in [9.17, 15) is 13.2 Å². The van der Waals surface area contributed by atoms with Crippen molar-refractivity contribution in [3.8, 4) is 0 Å². The number of halogens is 1. The molecule has 1 N–H and O–H groups in total. The number of rotatable bonds is 5. The number of likely N-dealkylation sites (N-methyl/N-ethyl adjacent to an activating group) is 1. The first kappa shape index (κ1) is 20.2. The summed E-state index contributed by atoms with van der Waals surface area (Å²) >= 11 is 2.18. The molecule has 144 valence electrons. The molecule has 0 radical (unpaired) electrons. The van der Waals surface area contributed by atoms with E-state index in [1.165, 1.54) is 4.31 Å². The van der Waals surface area contributed by atoms with Crippen LogP contribution in [0.2, 0.25) is 0 Å². The Bertz CT molecular complexity index is 891. The molecule has 2 aromatic rings. The summed E-state index contributed by atoms with van der Waals surface area (Å²) in [7, 11) is -3.50. The van der Waals surface area contributed by atoms with Gasteiger partial charge in [-0.05, 0) is 77.7 Å². The Balaban J connectivity index is 1.67. The predicted octanol–water partition coefficient (Wildman–Crippen LogP) is 2.87. The van der Waals surface area contributed by atoms with Crippen molar-refractivity contribution in [3.05, 3.63) is 57.7 Å². The molecule has 2 aromatic carbocycles. The van der Waals surface area contributed by atoms with Crippen LogP contribution in [-0.2, 0) is 10.0 Å². The summed E-state index contributed by atoms with van der Waals surface area (Å²) in [4.78, 5) is 14.8. The average Bonchev–Trinajstić information content (AvgIpc) is 2.69. The number of benzene rings is 2. The fourth-order valence-electron chi connectivity index (χ4n) is 2.95. The van der Waals surface area contributed by atoms with Crippen molar-refractivity contribution in [3.63, 3.8) is 0 Å². The van der Waals surface area contributed by atoms with E-state index in [2.05, 4.69) is 39.7 Å². The summed E-state index contributed by atoms with van der Waals surface area (Å²) in [5, 5.41) is 2.79. The van der Waals surface area contributed by atoms with Crippen LogP contribution < -0.4 is 5.32 Å². The topological polar surface area (TPSA) is 69.7 Å². The molecule has 27 heavy (non-hydrogen) atoms. The monoisotopic (exact) mass is 499 g/mol. The first-order chi connectivity index (χ1) is 12.9. The number of carbonyl (C=O) groups is 1. The molecule has 0 aliphatic carbocycles. The lowest BCUT2D eigenvalue weighted by molar-refractivity contribution is 0.102. The van der Waals surface area contributed by atoms with E-state index in [4.69, 9.17) is 0 Å². The molecule has 1 aliphatic heterocycles. The van der Waals surface area contributed by atoms with E-state index in [-0.39, 0.29) is 10.8 Å². The maximum absolute atomic E-state index is 12.8. The van der Waals surface area contributed by atoms with Crippen molar-refractivity contribution in [1.82, 2.24) is 9.21 Å². The largest absolute Gasteiger partial charge is 0.322 e. The van der Waals surface area contributed by atoms with Crippen LogP contribution in [0.15, 0.2) is 53.4 Å². The summed E-state index contributed by atoms with van der Waals surface area (Å²) in [5.74, 6) is -0.224. The SMILES string of the molecule is CCN1CCN(S(=O)(=O)c2ccc(NC(=O)c3ccc(I)cc3)cc2)CC1. The quantitative estimate of drug-likeness (QED) is 0.643. The molecule has 8 heteroatoms. The fraction of sp³-hybridized carbons (Fsp3) is 0.316. The Kier molecular flexibility index (Phi) is 6.51. The third-order valence-electron chi connectivity index (χ3n) is 4.63. The highest BCUT2D eigenvalue weighted by Crippen LogP contribution is 2.20. The van der Waals surface area contributed by atoms with Gasteiger partial charge in [-0.1, -0.05) is 6.92 Å². The molecule has 1 aliphatic rings. The molecular weight excluding hydrogens is 477 g/mol. The first-order valence-electron chi connectivity index (χ1n) is 8.79. The van der Waals surface area contributed by atoms with Crippen molar-refractivity contribution in [2.45, 2.75) is 11.8 Å². The first-order valence-corrected chi connectivity index (χ1v) is 11.3. The summed E-state index contributed by atoms with van der Waals surface area (Å²) in [6.45, 7) is 5.51. The van der Waals surface area contributed by atoms with Crippen LogP contribution in [0.1, 0.15) is 17.3 Å². The number of nitrogens with one attached hydrogen (secondary N) is 1. The van der Waals surface area contributed by atoms with Gasteiger partial charge in [0, 0.05) is 41.0 Å². The second kappa shape index (κ2) is 8.68. The minimum atomic E-state index is -3.50. The van der Waals surface area contributed by atoms with Crippen LogP contribution in [0, 0.1) is 3.57 Å². The Morgan fingerprint density at radius 2 is 1.59 bits per heavy atom. The van der Waals surface area contributed by atoms with Crippen LogP contribution >= 0.6 is 22.6 Å². The van der Waals surface area contributed by atoms with Crippen LogP contribution in [0.25, 0.3) is 0 Å². The summed E-state index contributed by atoms with van der Waals surface area (Å²) in [5.41, 5.74) is 1.12. The Hall–Kier alpha value is -1.49. The molecule has 0 saturated carbocycles. The Labute approximate surface area is 173 Å². The van der Waals surface area contributed by atoms with Gasteiger partial charge in [-0.15, -0.1) is 0 Å². The van der Waals surface area contributed by atoms with Crippen molar-refractivity contribution in [2.75, 3.05) is 38.0 Å². The molecule has 1 amide bonds. The third-order valence-corrected chi connectivity index (χ3v) is 7.27. The molecule has 1 heterocycles. The minimum Gasteiger partial charge on any atom is -0.322 e. The highest BCUT2D eigenvalue weighted by atomic mass is 127. The van der Waals surface area contributed by atoms with Crippen LogP contribution in [0.5, 0.6) is 0 Å². The zero-order valence-corrected chi connectivity index (χ0v) is 18.0. The molecule has 0 atom stereocenters. The molecule has 0 aromatic heterocycles. The highest BCUT2D eigenvalue weighted by Gasteiger charge is 2.27. The number of anilines is 1. The molecule has 0 unspecified atom stereocenters. The maximum Gasteiger partial charge on any atom is 0.255 e. The van der Waals surface area contributed by atoms with Gasteiger partial charge in [-0.25, -0.2) is 8.42 Å². The molecule has 6 nitrogen and oxygen atoms in total. The lowest BCUT2D eigenvalue weighted by atomic mass is 10.2. The van der Waals surface area contributed by atoms with Gasteiger partial charge in [0.1, 0.15) is 0 Å². The standard InChI is InChI=1S/C19H22IN3O3S/c1-2-22-11-13-23(14-12-22)27(25,26)18-9-7-17(8-10-18)21-19(24)15-3-5-16(20)6-4-15/h3-10H,2,11-14H2,1H3,(H,21,24). The van der Waals surface area contributed by atoms with E-state index < -0.39 is 10.0 Å². The van der Waals surface area contributed by atoms with E-state index in [1.54, 1.807) is 36.4 Å². The Morgan fingerprint density at radius 3 is 2.15 bits per heavy atom. The number of nitrogens with zero attached hydrogens (tertiary/aromatic N) is 2.